The summed E-state index contributed by atoms with van der Waals surface area (Å²) in [4.78, 5) is 18.7. The second kappa shape index (κ2) is 8.55. The molecule has 140 valence electrons. The number of benzene rings is 2. The summed E-state index contributed by atoms with van der Waals surface area (Å²) in [5.74, 6) is 0.0429. The van der Waals surface area contributed by atoms with Crippen molar-refractivity contribution in [2.45, 2.75) is 13.3 Å². The lowest BCUT2D eigenvalue weighted by Crippen LogP contribution is -2.27. The van der Waals surface area contributed by atoms with E-state index in [4.69, 9.17) is 0 Å². The summed E-state index contributed by atoms with van der Waals surface area (Å²) < 4.78 is 0.828. The minimum Gasteiger partial charge on any atom is -0.361 e. The van der Waals surface area contributed by atoms with Crippen molar-refractivity contribution in [1.82, 2.24) is 9.88 Å². The average Bonchev–Trinajstić information content (AvgIpc) is 3.11. The summed E-state index contributed by atoms with van der Waals surface area (Å²) >= 11 is 3.49. The first-order chi connectivity index (χ1) is 12.7. The van der Waals surface area contributed by atoms with Crippen molar-refractivity contribution < 1.29 is 4.79 Å². The first-order valence-electron chi connectivity index (χ1n) is 8.99. The maximum absolute atomic E-state index is 12.9. The Morgan fingerprint density at radius 3 is 2.74 bits per heavy atom. The molecule has 3 aromatic rings. The van der Waals surface area contributed by atoms with E-state index in [0.717, 1.165) is 47.0 Å². The van der Waals surface area contributed by atoms with E-state index in [1.54, 1.807) is 0 Å². The Bertz CT molecular complexity index is 1010. The van der Waals surface area contributed by atoms with Crippen LogP contribution in [0, 0.1) is 0 Å². The number of nitrogens with zero attached hydrogens (tertiary/aromatic N) is 1. The van der Waals surface area contributed by atoms with Crippen molar-refractivity contribution in [3.63, 3.8) is 0 Å². The lowest BCUT2D eigenvalue weighted by atomic mass is 9.96. The number of halogens is 2. The van der Waals surface area contributed by atoms with E-state index in [1.807, 2.05) is 42.5 Å². The van der Waals surface area contributed by atoms with Crippen LogP contribution in [0.4, 0.5) is 0 Å². The highest BCUT2D eigenvalue weighted by molar-refractivity contribution is 9.10. The van der Waals surface area contributed by atoms with Gasteiger partial charge in [-0.1, -0.05) is 41.1 Å². The molecule has 0 aliphatic carbocycles. The number of likely N-dealkylation sites (N-methyl/N-ethyl adjacent to an activating group) is 1. The largest absolute Gasteiger partial charge is 0.361 e. The molecular formula is C22H22Br2N2O. The zero-order valence-electron chi connectivity index (χ0n) is 15.2. The van der Waals surface area contributed by atoms with E-state index in [2.05, 4.69) is 45.0 Å². The molecule has 0 saturated heterocycles. The highest BCUT2D eigenvalue weighted by Gasteiger charge is 2.17. The molecule has 0 bridgehead atoms. The molecule has 0 unspecified atom stereocenters. The Kier molecular flexibility index (Phi) is 6.35. The molecule has 3 nitrogen and oxygen atoms in total. The first-order valence-corrected chi connectivity index (χ1v) is 9.79. The van der Waals surface area contributed by atoms with Crippen molar-refractivity contribution in [3.05, 3.63) is 75.9 Å². The van der Waals surface area contributed by atoms with Crippen LogP contribution < -0.4 is 0 Å². The van der Waals surface area contributed by atoms with E-state index < -0.39 is 0 Å². The molecule has 1 aromatic heterocycles. The van der Waals surface area contributed by atoms with Gasteiger partial charge in [-0.2, -0.15) is 0 Å². The van der Waals surface area contributed by atoms with Gasteiger partial charge in [-0.15, -0.1) is 17.0 Å². The van der Waals surface area contributed by atoms with Gasteiger partial charge in [0.05, 0.1) is 0 Å². The van der Waals surface area contributed by atoms with Crippen molar-refractivity contribution in [3.8, 4) is 0 Å². The summed E-state index contributed by atoms with van der Waals surface area (Å²) in [5, 5.41) is 1.12. The fourth-order valence-corrected chi connectivity index (χ4v) is 4.04. The molecule has 4 rings (SSSR count). The second-order valence-electron chi connectivity index (χ2n) is 6.64. The van der Waals surface area contributed by atoms with Gasteiger partial charge in [0, 0.05) is 51.4 Å². The highest BCUT2D eigenvalue weighted by atomic mass is 79.9. The average molecular weight is 490 g/mol. The van der Waals surface area contributed by atoms with E-state index >= 15 is 0 Å². The smallest absolute Gasteiger partial charge is 0.194 e. The van der Waals surface area contributed by atoms with E-state index in [1.165, 1.54) is 11.1 Å². The molecule has 1 aliphatic heterocycles. The number of H-pyrrole nitrogens is 1. The van der Waals surface area contributed by atoms with Crippen LogP contribution in [0.15, 0.2) is 59.2 Å². The third kappa shape index (κ3) is 3.96. The predicted molar refractivity (Wildman–Crippen MR) is 121 cm³/mol. The predicted octanol–water partition coefficient (Wildman–Crippen LogP) is 5.85. The summed E-state index contributed by atoms with van der Waals surface area (Å²) in [5.41, 5.74) is 5.07. The SMILES string of the molecule is Br.CCN1CC=C(c2c[nH]c3ccc(C(=O)c4ccccc4Br)cc23)CC1. The van der Waals surface area contributed by atoms with Gasteiger partial charge < -0.3 is 4.98 Å². The van der Waals surface area contributed by atoms with Crippen LogP contribution in [0.5, 0.6) is 0 Å². The van der Waals surface area contributed by atoms with Crippen LogP contribution in [0.2, 0.25) is 0 Å². The van der Waals surface area contributed by atoms with Crippen molar-refractivity contribution >= 4 is 55.2 Å². The second-order valence-corrected chi connectivity index (χ2v) is 7.50. The van der Waals surface area contributed by atoms with Crippen LogP contribution in [0.25, 0.3) is 16.5 Å². The van der Waals surface area contributed by atoms with Crippen LogP contribution in [-0.2, 0) is 0 Å². The summed E-state index contributed by atoms with van der Waals surface area (Å²) in [6, 6.07) is 13.5. The number of hydrogen-bond donors (Lipinski definition) is 1. The van der Waals surface area contributed by atoms with Gasteiger partial charge in [-0.3, -0.25) is 9.69 Å². The lowest BCUT2D eigenvalue weighted by molar-refractivity contribution is 0.103. The standard InChI is InChI=1S/C22H21BrN2O.BrH/c1-2-25-11-9-15(10-12-25)19-14-24-21-8-7-16(13-18(19)21)22(26)17-5-3-4-6-20(17)23;/h3-9,13-14,24H,2,10-12H2,1H3;1H. The number of aromatic amines is 1. The fraction of sp³-hybridized carbons (Fsp3) is 0.227. The summed E-state index contributed by atoms with van der Waals surface area (Å²) in [6.45, 7) is 5.37. The molecule has 0 atom stereocenters. The van der Waals surface area contributed by atoms with Gasteiger partial charge in [0.25, 0.3) is 0 Å². The number of fused-ring (bicyclic) bond motifs is 1. The number of nitrogens with one attached hydrogen (secondary N) is 1. The number of hydrogen-bond acceptors (Lipinski definition) is 2. The zero-order chi connectivity index (χ0) is 18.1. The van der Waals surface area contributed by atoms with Gasteiger partial charge in [-0.25, -0.2) is 0 Å². The minimum absolute atomic E-state index is 0. The maximum Gasteiger partial charge on any atom is 0.194 e. The van der Waals surface area contributed by atoms with Crippen LogP contribution in [0.3, 0.4) is 0 Å². The van der Waals surface area contributed by atoms with Gasteiger partial charge >= 0.3 is 0 Å². The molecule has 5 heteroatoms. The Morgan fingerprint density at radius 1 is 1.22 bits per heavy atom. The molecule has 0 radical (unpaired) electrons. The Morgan fingerprint density at radius 2 is 2.04 bits per heavy atom. The fourth-order valence-electron chi connectivity index (χ4n) is 3.57. The van der Waals surface area contributed by atoms with Crippen molar-refractivity contribution in [2.75, 3.05) is 19.6 Å². The van der Waals surface area contributed by atoms with Crippen molar-refractivity contribution in [2.24, 2.45) is 0 Å². The van der Waals surface area contributed by atoms with E-state index in [-0.39, 0.29) is 22.8 Å². The molecule has 0 spiro atoms. The number of carbonyl (C=O) groups excluding carboxylic acids is 1. The summed E-state index contributed by atoms with van der Waals surface area (Å²) in [7, 11) is 0. The minimum atomic E-state index is 0. The zero-order valence-corrected chi connectivity index (χ0v) is 18.5. The van der Waals surface area contributed by atoms with E-state index in [0.29, 0.717) is 5.56 Å². The monoisotopic (exact) mass is 488 g/mol. The molecule has 1 N–H and O–H groups in total. The van der Waals surface area contributed by atoms with Gasteiger partial charge in [-0.05, 0) is 48.9 Å². The lowest BCUT2D eigenvalue weighted by Gasteiger charge is -2.24. The molecular weight excluding hydrogens is 468 g/mol. The van der Waals surface area contributed by atoms with Crippen LogP contribution in [0.1, 0.15) is 34.8 Å². The van der Waals surface area contributed by atoms with Gasteiger partial charge in [0.15, 0.2) is 5.78 Å². The Balaban J connectivity index is 0.00000210. The van der Waals surface area contributed by atoms with Gasteiger partial charge in [0.1, 0.15) is 0 Å². The molecule has 0 saturated carbocycles. The third-order valence-corrected chi connectivity index (χ3v) is 5.84. The maximum atomic E-state index is 12.9. The highest BCUT2D eigenvalue weighted by Crippen LogP contribution is 2.31. The van der Waals surface area contributed by atoms with Crippen LogP contribution in [-0.4, -0.2) is 35.3 Å². The van der Waals surface area contributed by atoms with Crippen molar-refractivity contribution in [1.29, 1.82) is 0 Å². The molecule has 0 fully saturated rings. The number of ketones is 1. The number of rotatable bonds is 4. The third-order valence-electron chi connectivity index (χ3n) is 5.15. The normalized spacial score (nSPS) is 14.7. The topological polar surface area (TPSA) is 36.1 Å². The molecule has 2 heterocycles. The van der Waals surface area contributed by atoms with E-state index in [9.17, 15) is 4.79 Å². The molecule has 2 aromatic carbocycles. The van der Waals surface area contributed by atoms with Crippen LogP contribution >= 0.6 is 32.9 Å². The quantitative estimate of drug-likeness (QED) is 0.466. The Hall–Kier alpha value is -1.69. The Labute approximate surface area is 178 Å². The molecule has 0 amide bonds. The number of carbonyl (C=O) groups is 1. The van der Waals surface area contributed by atoms with Gasteiger partial charge in [0.2, 0.25) is 0 Å². The molecule has 1 aliphatic rings. The first kappa shape index (κ1) is 20.1. The molecule has 27 heavy (non-hydrogen) atoms. The number of aromatic nitrogens is 1. The summed E-state index contributed by atoms with van der Waals surface area (Å²) in [6.07, 6.45) is 5.44.